The molecule has 1 fully saturated rings. The SMILES string of the molecule is CCCOC(=O)C(OC(C)=O)C(=O)C1CCOCC1. The number of carbonyl (C=O) groups is 3. The molecule has 1 heterocycles. The van der Waals surface area contributed by atoms with E-state index in [0.29, 0.717) is 32.5 Å². The molecular formula is C13H20O6. The largest absolute Gasteiger partial charge is 0.463 e. The summed E-state index contributed by atoms with van der Waals surface area (Å²) >= 11 is 0. The minimum absolute atomic E-state index is 0.206. The Morgan fingerprint density at radius 2 is 1.89 bits per heavy atom. The molecule has 108 valence electrons. The quantitative estimate of drug-likeness (QED) is 0.527. The Balaban J connectivity index is 2.68. The number of hydrogen-bond donors (Lipinski definition) is 0. The lowest BCUT2D eigenvalue weighted by molar-refractivity contribution is -0.172. The molecular weight excluding hydrogens is 252 g/mol. The van der Waals surface area contributed by atoms with Crippen LogP contribution in [0.15, 0.2) is 0 Å². The highest BCUT2D eigenvalue weighted by Gasteiger charge is 2.36. The first-order valence-electron chi connectivity index (χ1n) is 6.51. The van der Waals surface area contributed by atoms with Crippen molar-refractivity contribution in [2.75, 3.05) is 19.8 Å². The zero-order chi connectivity index (χ0) is 14.3. The van der Waals surface area contributed by atoms with Crippen molar-refractivity contribution >= 4 is 17.7 Å². The Hall–Kier alpha value is -1.43. The van der Waals surface area contributed by atoms with Gasteiger partial charge in [-0.05, 0) is 19.3 Å². The van der Waals surface area contributed by atoms with Crippen molar-refractivity contribution in [3.05, 3.63) is 0 Å². The molecule has 6 heteroatoms. The van der Waals surface area contributed by atoms with Crippen LogP contribution in [0, 0.1) is 5.92 Å². The van der Waals surface area contributed by atoms with Crippen LogP contribution in [0.25, 0.3) is 0 Å². The lowest BCUT2D eigenvalue weighted by Gasteiger charge is -2.24. The van der Waals surface area contributed by atoms with Crippen LogP contribution in [0.2, 0.25) is 0 Å². The van der Waals surface area contributed by atoms with Crippen molar-refractivity contribution in [1.82, 2.24) is 0 Å². The molecule has 0 radical (unpaired) electrons. The van der Waals surface area contributed by atoms with E-state index in [0.717, 1.165) is 6.92 Å². The summed E-state index contributed by atoms with van der Waals surface area (Å²) in [6.07, 6.45) is 0.284. The van der Waals surface area contributed by atoms with Gasteiger partial charge >= 0.3 is 11.9 Å². The lowest BCUT2D eigenvalue weighted by Crippen LogP contribution is -2.41. The third kappa shape index (κ3) is 4.98. The van der Waals surface area contributed by atoms with E-state index < -0.39 is 18.0 Å². The summed E-state index contributed by atoms with van der Waals surface area (Å²) in [6, 6.07) is 0. The molecule has 19 heavy (non-hydrogen) atoms. The van der Waals surface area contributed by atoms with Gasteiger partial charge in [-0.2, -0.15) is 0 Å². The van der Waals surface area contributed by atoms with Gasteiger partial charge in [0.1, 0.15) is 0 Å². The molecule has 1 saturated heterocycles. The Morgan fingerprint density at radius 3 is 2.42 bits per heavy atom. The molecule has 1 unspecified atom stereocenters. The number of esters is 2. The van der Waals surface area contributed by atoms with E-state index in [9.17, 15) is 14.4 Å². The molecule has 1 aliphatic rings. The summed E-state index contributed by atoms with van der Waals surface area (Å²) in [4.78, 5) is 35.0. The van der Waals surface area contributed by atoms with E-state index in [1.165, 1.54) is 0 Å². The molecule has 0 N–H and O–H groups in total. The highest BCUT2D eigenvalue weighted by atomic mass is 16.6. The first-order chi connectivity index (χ1) is 9.06. The Bertz CT molecular complexity index is 332. The summed E-state index contributed by atoms with van der Waals surface area (Å²) < 4.78 is 14.9. The Morgan fingerprint density at radius 1 is 1.26 bits per heavy atom. The van der Waals surface area contributed by atoms with Crippen molar-refractivity contribution in [3.8, 4) is 0 Å². The fourth-order valence-electron chi connectivity index (χ4n) is 1.86. The van der Waals surface area contributed by atoms with Crippen molar-refractivity contribution in [1.29, 1.82) is 0 Å². The van der Waals surface area contributed by atoms with Crippen LogP contribution in [0.1, 0.15) is 33.1 Å². The maximum absolute atomic E-state index is 12.2. The Labute approximate surface area is 112 Å². The second-order valence-electron chi connectivity index (χ2n) is 4.45. The topological polar surface area (TPSA) is 78.9 Å². The molecule has 0 bridgehead atoms. The monoisotopic (exact) mass is 272 g/mol. The van der Waals surface area contributed by atoms with Crippen LogP contribution in [-0.4, -0.2) is 43.6 Å². The first kappa shape index (κ1) is 15.6. The average molecular weight is 272 g/mol. The minimum atomic E-state index is -1.44. The molecule has 6 nitrogen and oxygen atoms in total. The third-order valence-electron chi connectivity index (χ3n) is 2.83. The van der Waals surface area contributed by atoms with E-state index in [2.05, 4.69) is 0 Å². The standard InChI is InChI=1S/C13H20O6/c1-3-6-18-13(16)12(19-9(2)14)11(15)10-4-7-17-8-5-10/h10,12H,3-8H2,1-2H3. The van der Waals surface area contributed by atoms with E-state index in [1.807, 2.05) is 6.92 Å². The average Bonchev–Trinajstić information content (AvgIpc) is 2.42. The summed E-state index contributed by atoms with van der Waals surface area (Å²) in [5.74, 6) is -2.15. The van der Waals surface area contributed by atoms with E-state index >= 15 is 0 Å². The summed E-state index contributed by atoms with van der Waals surface area (Å²) in [6.45, 7) is 4.17. The van der Waals surface area contributed by atoms with Gasteiger partial charge in [-0.3, -0.25) is 9.59 Å². The molecule has 0 saturated carbocycles. The zero-order valence-electron chi connectivity index (χ0n) is 11.3. The van der Waals surface area contributed by atoms with E-state index in [-0.39, 0.29) is 18.3 Å². The zero-order valence-corrected chi connectivity index (χ0v) is 11.3. The number of ketones is 1. The van der Waals surface area contributed by atoms with Gasteiger partial charge in [-0.25, -0.2) is 4.79 Å². The molecule has 1 atom stereocenters. The number of rotatable bonds is 6. The van der Waals surface area contributed by atoms with Crippen molar-refractivity contribution in [2.24, 2.45) is 5.92 Å². The maximum Gasteiger partial charge on any atom is 0.355 e. The molecule has 0 aliphatic carbocycles. The molecule has 0 aromatic rings. The second kappa shape index (κ2) is 7.89. The highest BCUT2D eigenvalue weighted by molar-refractivity contribution is 6.04. The van der Waals surface area contributed by atoms with Gasteiger partial charge in [0.05, 0.1) is 6.61 Å². The van der Waals surface area contributed by atoms with Crippen LogP contribution in [0.3, 0.4) is 0 Å². The van der Waals surface area contributed by atoms with Crippen molar-refractivity contribution < 1.29 is 28.6 Å². The molecule has 1 rings (SSSR count). The van der Waals surface area contributed by atoms with E-state index in [1.54, 1.807) is 0 Å². The molecule has 0 amide bonds. The highest BCUT2D eigenvalue weighted by Crippen LogP contribution is 2.19. The molecule has 0 aromatic carbocycles. The fourth-order valence-corrected chi connectivity index (χ4v) is 1.86. The van der Waals surface area contributed by atoms with E-state index in [4.69, 9.17) is 14.2 Å². The van der Waals surface area contributed by atoms with Crippen molar-refractivity contribution in [3.63, 3.8) is 0 Å². The van der Waals surface area contributed by atoms with Crippen LogP contribution in [-0.2, 0) is 28.6 Å². The van der Waals surface area contributed by atoms with Gasteiger partial charge in [0.25, 0.3) is 6.10 Å². The molecule has 0 aromatic heterocycles. The van der Waals surface area contributed by atoms with Crippen LogP contribution in [0.4, 0.5) is 0 Å². The third-order valence-corrected chi connectivity index (χ3v) is 2.83. The van der Waals surface area contributed by atoms with Crippen LogP contribution >= 0.6 is 0 Å². The molecule has 0 spiro atoms. The minimum Gasteiger partial charge on any atom is -0.463 e. The predicted octanol–water partition coefficient (Wildman–Crippen LogP) is 0.867. The van der Waals surface area contributed by atoms with Gasteiger partial charge in [-0.1, -0.05) is 6.92 Å². The van der Waals surface area contributed by atoms with Gasteiger partial charge in [0.2, 0.25) is 0 Å². The second-order valence-corrected chi connectivity index (χ2v) is 4.45. The normalized spacial score (nSPS) is 17.6. The van der Waals surface area contributed by atoms with Crippen molar-refractivity contribution in [2.45, 2.75) is 39.2 Å². The van der Waals surface area contributed by atoms with Gasteiger partial charge in [0, 0.05) is 26.1 Å². The van der Waals surface area contributed by atoms with Crippen LogP contribution < -0.4 is 0 Å². The Kier molecular flexibility index (Phi) is 6.49. The maximum atomic E-state index is 12.2. The lowest BCUT2D eigenvalue weighted by atomic mass is 9.92. The van der Waals surface area contributed by atoms with Gasteiger partial charge in [-0.15, -0.1) is 0 Å². The first-order valence-corrected chi connectivity index (χ1v) is 6.51. The van der Waals surface area contributed by atoms with Gasteiger partial charge < -0.3 is 14.2 Å². The molecule has 1 aliphatic heterocycles. The van der Waals surface area contributed by atoms with Gasteiger partial charge in [0.15, 0.2) is 5.78 Å². The predicted molar refractivity (Wildman–Crippen MR) is 65.4 cm³/mol. The fraction of sp³-hybridized carbons (Fsp3) is 0.769. The van der Waals surface area contributed by atoms with Crippen LogP contribution in [0.5, 0.6) is 0 Å². The number of carbonyl (C=O) groups excluding carboxylic acids is 3. The summed E-state index contributed by atoms with van der Waals surface area (Å²) in [5, 5.41) is 0. The number of ether oxygens (including phenoxy) is 3. The number of hydrogen-bond acceptors (Lipinski definition) is 6. The summed E-state index contributed by atoms with van der Waals surface area (Å²) in [5.41, 5.74) is 0. The summed E-state index contributed by atoms with van der Waals surface area (Å²) in [7, 11) is 0. The smallest absolute Gasteiger partial charge is 0.355 e. The number of Topliss-reactive ketones (excluding diaryl/α,β-unsaturated/α-hetero) is 1.